The highest BCUT2D eigenvalue weighted by molar-refractivity contribution is 9.10. The second-order valence-electron chi connectivity index (χ2n) is 3.38. The maximum atomic E-state index is 10.5. The van der Waals surface area contributed by atoms with Crippen molar-refractivity contribution in [1.82, 2.24) is 9.78 Å². The van der Waals surface area contributed by atoms with Crippen molar-refractivity contribution < 1.29 is 9.53 Å². The van der Waals surface area contributed by atoms with E-state index in [1.807, 2.05) is 7.05 Å². The Morgan fingerprint density at radius 1 is 1.71 bits per heavy atom. The Hall–Kier alpha value is -0.680. The number of carbonyl (C=O) groups is 1. The van der Waals surface area contributed by atoms with Gasteiger partial charge in [-0.1, -0.05) is 0 Å². The summed E-state index contributed by atoms with van der Waals surface area (Å²) in [6, 6.07) is 0. The minimum Gasteiger partial charge on any atom is -0.361 e. The van der Waals surface area contributed by atoms with E-state index in [-0.39, 0.29) is 12.2 Å². The Labute approximate surface area is 90.4 Å². The fourth-order valence-electron chi connectivity index (χ4n) is 1.75. The van der Waals surface area contributed by atoms with Crippen LogP contribution in [0.4, 0.5) is 0 Å². The van der Waals surface area contributed by atoms with Gasteiger partial charge in [-0.2, -0.15) is 5.10 Å². The van der Waals surface area contributed by atoms with Crippen LogP contribution in [0.25, 0.3) is 0 Å². The molecule has 0 bridgehead atoms. The van der Waals surface area contributed by atoms with Gasteiger partial charge in [0.05, 0.1) is 16.4 Å². The van der Waals surface area contributed by atoms with Gasteiger partial charge in [0.2, 0.25) is 0 Å². The number of ether oxygens (including phenoxy) is 1. The van der Waals surface area contributed by atoms with Crippen LogP contribution < -0.4 is 0 Å². The predicted octanol–water partition coefficient (Wildman–Crippen LogP) is 1.60. The Morgan fingerprint density at radius 3 is 3.00 bits per heavy atom. The molecule has 76 valence electrons. The molecule has 1 fully saturated rings. The molecule has 1 aliphatic rings. The van der Waals surface area contributed by atoms with E-state index in [0.29, 0.717) is 0 Å². The Morgan fingerprint density at radius 2 is 2.50 bits per heavy atom. The van der Waals surface area contributed by atoms with Crippen LogP contribution in [0.15, 0.2) is 10.7 Å². The fraction of sp³-hybridized carbons (Fsp3) is 0.556. The third-order valence-corrected chi connectivity index (χ3v) is 3.06. The molecule has 0 spiro atoms. The molecule has 1 aromatic rings. The molecule has 14 heavy (non-hydrogen) atoms. The van der Waals surface area contributed by atoms with Crippen molar-refractivity contribution in [3.63, 3.8) is 0 Å². The molecule has 0 radical (unpaired) electrons. The number of carbonyl (C=O) groups excluding carboxylic acids is 1. The average molecular weight is 259 g/mol. The lowest BCUT2D eigenvalue weighted by Gasteiger charge is -2.11. The molecule has 1 saturated heterocycles. The molecular formula is C9H11BrN2O2. The maximum Gasteiger partial charge on any atom is 0.148 e. The summed E-state index contributed by atoms with van der Waals surface area (Å²) >= 11 is 3.42. The molecular weight excluding hydrogens is 248 g/mol. The molecule has 4 nitrogen and oxygen atoms in total. The molecule has 5 heteroatoms. The summed E-state index contributed by atoms with van der Waals surface area (Å²) < 4.78 is 8.28. The van der Waals surface area contributed by atoms with Crippen LogP contribution in [-0.2, 0) is 16.6 Å². The maximum absolute atomic E-state index is 10.5. The van der Waals surface area contributed by atoms with Crippen LogP contribution in [0, 0.1) is 0 Å². The molecule has 1 aliphatic heterocycles. The van der Waals surface area contributed by atoms with Crippen LogP contribution in [0.2, 0.25) is 0 Å². The standard InChI is InChI=1S/C9H11BrN2O2/c1-12-9(7(10)4-11-12)8-3-2-6(5-13)14-8/h4-6,8H,2-3H2,1H3. The van der Waals surface area contributed by atoms with Gasteiger partial charge in [-0.15, -0.1) is 0 Å². The molecule has 0 aromatic carbocycles. The van der Waals surface area contributed by atoms with E-state index in [0.717, 1.165) is 29.3 Å². The number of aldehydes is 1. The SMILES string of the molecule is Cn1ncc(Br)c1C1CCC(C=O)O1. The molecule has 2 heterocycles. The first kappa shape index (κ1) is 9.86. The molecule has 0 aliphatic carbocycles. The van der Waals surface area contributed by atoms with Crippen LogP contribution >= 0.6 is 15.9 Å². The van der Waals surface area contributed by atoms with E-state index in [9.17, 15) is 4.79 Å². The molecule has 0 saturated carbocycles. The Bertz CT molecular complexity index is 331. The fourth-order valence-corrected chi connectivity index (χ4v) is 2.35. The van der Waals surface area contributed by atoms with Gasteiger partial charge in [0, 0.05) is 7.05 Å². The van der Waals surface area contributed by atoms with Crippen LogP contribution in [0.1, 0.15) is 24.6 Å². The van der Waals surface area contributed by atoms with Crippen LogP contribution in [-0.4, -0.2) is 22.2 Å². The lowest BCUT2D eigenvalue weighted by Crippen LogP contribution is -2.10. The number of halogens is 1. The lowest BCUT2D eigenvalue weighted by molar-refractivity contribution is -0.117. The minimum absolute atomic E-state index is 0.00734. The summed E-state index contributed by atoms with van der Waals surface area (Å²) in [5.74, 6) is 0. The van der Waals surface area contributed by atoms with E-state index < -0.39 is 0 Å². The summed E-state index contributed by atoms with van der Waals surface area (Å²) in [6.07, 6.45) is 4.03. The number of rotatable bonds is 2. The molecule has 2 atom stereocenters. The van der Waals surface area contributed by atoms with Gasteiger partial charge in [0.25, 0.3) is 0 Å². The van der Waals surface area contributed by atoms with Crippen molar-refractivity contribution >= 4 is 22.2 Å². The van der Waals surface area contributed by atoms with Crippen molar-refractivity contribution in [1.29, 1.82) is 0 Å². The number of nitrogens with zero attached hydrogens (tertiary/aromatic N) is 2. The third-order valence-electron chi connectivity index (χ3n) is 2.45. The number of aryl methyl sites for hydroxylation is 1. The number of aromatic nitrogens is 2. The topological polar surface area (TPSA) is 44.1 Å². The van der Waals surface area contributed by atoms with Gasteiger partial charge in [0.15, 0.2) is 0 Å². The zero-order chi connectivity index (χ0) is 10.1. The van der Waals surface area contributed by atoms with Crippen molar-refractivity contribution in [2.75, 3.05) is 0 Å². The second kappa shape index (κ2) is 3.82. The molecule has 1 aromatic heterocycles. The van der Waals surface area contributed by atoms with Gasteiger partial charge in [0.1, 0.15) is 18.5 Å². The smallest absolute Gasteiger partial charge is 0.148 e. The number of hydrogen-bond donors (Lipinski definition) is 0. The summed E-state index contributed by atoms with van der Waals surface area (Å²) in [5.41, 5.74) is 1.01. The summed E-state index contributed by atoms with van der Waals surface area (Å²) in [6.45, 7) is 0. The van der Waals surface area contributed by atoms with Crippen molar-refractivity contribution in [3.05, 3.63) is 16.4 Å². The molecule has 0 amide bonds. The quantitative estimate of drug-likeness (QED) is 0.758. The molecule has 2 rings (SSSR count). The highest BCUT2D eigenvalue weighted by Crippen LogP contribution is 2.35. The largest absolute Gasteiger partial charge is 0.361 e. The molecule has 0 N–H and O–H groups in total. The Balaban J connectivity index is 2.20. The summed E-state index contributed by atoms with van der Waals surface area (Å²) in [5, 5.41) is 4.11. The van der Waals surface area contributed by atoms with Crippen molar-refractivity contribution in [2.45, 2.75) is 25.0 Å². The normalized spacial score (nSPS) is 26.7. The first-order valence-corrected chi connectivity index (χ1v) is 5.30. The van der Waals surface area contributed by atoms with Crippen LogP contribution in [0.5, 0.6) is 0 Å². The van der Waals surface area contributed by atoms with Crippen molar-refractivity contribution in [2.24, 2.45) is 7.05 Å². The second-order valence-corrected chi connectivity index (χ2v) is 4.23. The van der Waals surface area contributed by atoms with E-state index in [2.05, 4.69) is 21.0 Å². The zero-order valence-corrected chi connectivity index (χ0v) is 9.40. The zero-order valence-electron chi connectivity index (χ0n) is 7.81. The van der Waals surface area contributed by atoms with Gasteiger partial charge in [-0.3, -0.25) is 4.68 Å². The van der Waals surface area contributed by atoms with E-state index in [4.69, 9.17) is 4.74 Å². The summed E-state index contributed by atoms with van der Waals surface area (Å²) in [4.78, 5) is 10.5. The highest BCUT2D eigenvalue weighted by Gasteiger charge is 2.29. The van der Waals surface area contributed by atoms with Gasteiger partial charge in [-0.25, -0.2) is 0 Å². The monoisotopic (exact) mass is 258 g/mol. The Kier molecular flexibility index (Phi) is 2.69. The third kappa shape index (κ3) is 1.62. The predicted molar refractivity (Wildman–Crippen MR) is 53.8 cm³/mol. The van der Waals surface area contributed by atoms with Crippen molar-refractivity contribution in [3.8, 4) is 0 Å². The van der Waals surface area contributed by atoms with Gasteiger partial charge >= 0.3 is 0 Å². The first-order valence-electron chi connectivity index (χ1n) is 4.50. The average Bonchev–Trinajstić information content (AvgIpc) is 2.73. The van der Waals surface area contributed by atoms with Gasteiger partial charge in [-0.05, 0) is 28.8 Å². The summed E-state index contributed by atoms with van der Waals surface area (Å²) in [7, 11) is 1.87. The van der Waals surface area contributed by atoms with E-state index in [1.165, 1.54) is 0 Å². The van der Waals surface area contributed by atoms with Gasteiger partial charge < -0.3 is 9.53 Å². The molecule has 2 unspecified atom stereocenters. The number of hydrogen-bond acceptors (Lipinski definition) is 3. The van der Waals surface area contributed by atoms with E-state index >= 15 is 0 Å². The van der Waals surface area contributed by atoms with Crippen LogP contribution in [0.3, 0.4) is 0 Å². The first-order chi connectivity index (χ1) is 6.72. The van der Waals surface area contributed by atoms with E-state index in [1.54, 1.807) is 10.9 Å². The lowest BCUT2D eigenvalue weighted by atomic mass is 10.1. The highest BCUT2D eigenvalue weighted by atomic mass is 79.9. The minimum atomic E-state index is -0.248.